The van der Waals surface area contributed by atoms with Crippen LogP contribution in [0.1, 0.15) is 25.7 Å². The zero-order valence-electron chi connectivity index (χ0n) is 29.9. The van der Waals surface area contributed by atoms with Crippen molar-refractivity contribution in [3.63, 3.8) is 0 Å². The van der Waals surface area contributed by atoms with Gasteiger partial charge in [0, 0.05) is 24.2 Å². The molecule has 0 bridgehead atoms. The van der Waals surface area contributed by atoms with Gasteiger partial charge in [0.1, 0.15) is 43.7 Å². The fourth-order valence-corrected chi connectivity index (χ4v) is 5.12. The van der Waals surface area contributed by atoms with Crippen LogP contribution in [-0.2, 0) is 19.1 Å². The summed E-state index contributed by atoms with van der Waals surface area (Å²) in [5.74, 6) is 0.645. The summed E-state index contributed by atoms with van der Waals surface area (Å²) in [6, 6.07) is 29.0. The van der Waals surface area contributed by atoms with Gasteiger partial charge in [-0.05, 0) is 83.5 Å². The van der Waals surface area contributed by atoms with Crippen molar-refractivity contribution in [2.75, 3.05) is 46.2 Å². The van der Waals surface area contributed by atoms with Gasteiger partial charge >= 0.3 is 11.9 Å². The summed E-state index contributed by atoms with van der Waals surface area (Å²) in [6.07, 6.45) is 0.853. The summed E-state index contributed by atoms with van der Waals surface area (Å²) < 4.78 is 52.6. The molecule has 0 atom stereocenters. The largest absolute Gasteiger partial charge is 0.493 e. The molecule has 0 fully saturated rings. The highest BCUT2D eigenvalue weighted by Crippen LogP contribution is 2.36. The van der Waals surface area contributed by atoms with E-state index >= 15 is 0 Å². The Hall–Kier alpha value is -5.78. The number of benzene rings is 4. The molecule has 4 rings (SSSR count). The lowest BCUT2D eigenvalue weighted by Crippen LogP contribution is -2.14. The fraction of sp³-hybridized carbons (Fsp3) is 0.256. The number of halogens is 2. The first kappa shape index (κ1) is 41.0. The Kier molecular flexibility index (Phi) is 16.5. The van der Waals surface area contributed by atoms with E-state index in [9.17, 15) is 18.4 Å². The third-order valence-corrected chi connectivity index (χ3v) is 8.06. The minimum Gasteiger partial charge on any atom is -0.493 e. The highest BCUT2D eigenvalue weighted by Gasteiger charge is 2.12. The molecule has 54 heavy (non-hydrogen) atoms. The van der Waals surface area contributed by atoms with Crippen LogP contribution in [0.25, 0.3) is 33.4 Å². The third kappa shape index (κ3) is 13.0. The van der Waals surface area contributed by atoms with Gasteiger partial charge in [0.05, 0.1) is 18.8 Å². The molecule has 284 valence electrons. The Morgan fingerprint density at radius 3 is 1.63 bits per heavy atom. The van der Waals surface area contributed by atoms with Crippen molar-refractivity contribution in [3.8, 4) is 50.6 Å². The van der Waals surface area contributed by atoms with E-state index in [1.807, 2.05) is 91.0 Å². The Morgan fingerprint density at radius 2 is 1.09 bits per heavy atom. The zero-order valence-corrected chi connectivity index (χ0v) is 29.9. The number of allylic oxidation sites excluding steroid dienone is 1. The molecule has 0 saturated heterocycles. The first-order valence-electron chi connectivity index (χ1n) is 17.4. The lowest BCUT2D eigenvalue weighted by molar-refractivity contribution is -0.140. The molecule has 0 aliphatic carbocycles. The monoisotopic (exact) mass is 742 g/mol. The number of esters is 2. The quantitative estimate of drug-likeness (QED) is 0.0465. The number of aliphatic hydroxyl groups is 2. The van der Waals surface area contributed by atoms with Crippen molar-refractivity contribution in [2.24, 2.45) is 0 Å². The Morgan fingerprint density at radius 1 is 0.593 bits per heavy atom. The highest BCUT2D eigenvalue weighted by molar-refractivity contribution is 5.88. The molecule has 4 aromatic carbocycles. The molecule has 9 nitrogen and oxygen atoms in total. The van der Waals surface area contributed by atoms with E-state index in [-0.39, 0.29) is 57.0 Å². The van der Waals surface area contributed by atoms with Crippen LogP contribution >= 0.6 is 0 Å². The number of carbonyl (C=O) groups excluding carboxylic acids is 2. The van der Waals surface area contributed by atoms with E-state index in [1.165, 1.54) is 0 Å². The van der Waals surface area contributed by atoms with Crippen LogP contribution in [-0.4, -0.2) is 68.4 Å². The average Bonchev–Trinajstić information content (AvgIpc) is 3.19. The molecule has 0 radical (unpaired) electrons. The van der Waals surface area contributed by atoms with Crippen LogP contribution in [0, 0.1) is 0 Å². The Bertz CT molecular complexity index is 1860. The van der Waals surface area contributed by atoms with Gasteiger partial charge in [-0.3, -0.25) is 0 Å². The van der Waals surface area contributed by atoms with Gasteiger partial charge < -0.3 is 33.9 Å². The van der Waals surface area contributed by atoms with E-state index in [0.29, 0.717) is 36.7 Å². The number of unbranched alkanes of at least 4 members (excludes halogenated alkanes) is 2. The summed E-state index contributed by atoms with van der Waals surface area (Å²) in [7, 11) is 0. The van der Waals surface area contributed by atoms with Crippen molar-refractivity contribution in [1.82, 2.24) is 0 Å². The van der Waals surface area contributed by atoms with Crippen molar-refractivity contribution < 1.29 is 52.3 Å². The molecule has 2 N–H and O–H groups in total. The molecule has 0 amide bonds. The number of rotatable bonds is 22. The van der Waals surface area contributed by atoms with Gasteiger partial charge in [-0.1, -0.05) is 73.8 Å². The maximum absolute atomic E-state index is 12.5. The molecular formula is C43H44F2O9. The second-order valence-electron chi connectivity index (χ2n) is 12.0. The predicted octanol–water partition coefficient (Wildman–Crippen LogP) is 8.35. The minimum atomic E-state index is -1.68. The van der Waals surface area contributed by atoms with Gasteiger partial charge in [0.15, 0.2) is 0 Å². The van der Waals surface area contributed by atoms with Gasteiger partial charge in [-0.25, -0.2) is 9.59 Å². The number of carbonyl (C=O) groups is 2. The average molecular weight is 743 g/mol. The molecule has 4 aromatic rings. The summed E-state index contributed by atoms with van der Waals surface area (Å²) in [5, 5.41) is 17.9. The molecule has 0 unspecified atom stereocenters. The maximum Gasteiger partial charge on any atom is 0.335 e. The fourth-order valence-electron chi connectivity index (χ4n) is 5.12. The third-order valence-electron chi connectivity index (χ3n) is 8.06. The van der Waals surface area contributed by atoms with E-state index in [1.54, 1.807) is 0 Å². The molecule has 0 spiro atoms. The van der Waals surface area contributed by atoms with E-state index in [4.69, 9.17) is 33.9 Å². The smallest absolute Gasteiger partial charge is 0.335 e. The number of ether oxygens (including phenoxy) is 5. The highest BCUT2D eigenvalue weighted by atomic mass is 19.3. The molecule has 0 aliphatic rings. The van der Waals surface area contributed by atoms with Crippen LogP contribution in [0.5, 0.6) is 17.2 Å². The summed E-state index contributed by atoms with van der Waals surface area (Å²) in [4.78, 5) is 23.4. The van der Waals surface area contributed by atoms with E-state index in [2.05, 4.69) is 13.2 Å². The van der Waals surface area contributed by atoms with Gasteiger partial charge in [-0.2, -0.15) is 8.78 Å². The van der Waals surface area contributed by atoms with Crippen LogP contribution in [0.2, 0.25) is 0 Å². The first-order chi connectivity index (χ1) is 26.2. The molecule has 11 heteroatoms. The second-order valence-corrected chi connectivity index (χ2v) is 12.0. The number of hydrogen-bond acceptors (Lipinski definition) is 9. The standard InChI is InChI=1S/C43H44F2O9/c1-30(21-22-46)42(48)53-26-24-50-37-16-11-33(12-17-37)32-7-9-35(10-8-32)39-20-15-36(28-40(39)52-23-5-3-4-6-41(44)45)34-13-18-38(19-14-34)51-25-27-54-43(49)31(2)29-47/h6-20,28,46-47H,1-5,21-27,29H2. The van der Waals surface area contributed by atoms with Crippen molar-refractivity contribution in [1.29, 1.82) is 0 Å². The molecular weight excluding hydrogens is 698 g/mol. The van der Waals surface area contributed by atoms with Gasteiger partial charge in [-0.15, -0.1) is 0 Å². The van der Waals surface area contributed by atoms with Gasteiger partial charge in [0.25, 0.3) is 6.08 Å². The maximum atomic E-state index is 12.5. The Labute approximate surface area is 313 Å². The summed E-state index contributed by atoms with van der Waals surface area (Å²) in [5.41, 5.74) is 5.79. The van der Waals surface area contributed by atoms with E-state index in [0.717, 1.165) is 39.5 Å². The van der Waals surface area contributed by atoms with Crippen LogP contribution in [0.4, 0.5) is 8.78 Å². The number of hydrogen-bond donors (Lipinski definition) is 2. The second kappa shape index (κ2) is 21.7. The summed E-state index contributed by atoms with van der Waals surface area (Å²) >= 11 is 0. The lowest BCUT2D eigenvalue weighted by atomic mass is 9.97. The van der Waals surface area contributed by atoms with Gasteiger partial charge in [0.2, 0.25) is 0 Å². The SMILES string of the molecule is C=C(CO)C(=O)OCCOc1ccc(-c2ccc(-c3ccc(-c4ccc(OCCOC(=O)C(=C)CCO)cc4)cc3)c(OCCCCC=C(F)F)c2)cc1. The topological polar surface area (TPSA) is 121 Å². The van der Waals surface area contributed by atoms with Crippen LogP contribution < -0.4 is 14.2 Å². The van der Waals surface area contributed by atoms with Crippen molar-refractivity contribution in [3.05, 3.63) is 127 Å². The predicted molar refractivity (Wildman–Crippen MR) is 202 cm³/mol. The molecule has 0 saturated carbocycles. The van der Waals surface area contributed by atoms with Crippen molar-refractivity contribution >= 4 is 11.9 Å². The lowest BCUT2D eigenvalue weighted by Gasteiger charge is -2.15. The number of aliphatic hydroxyl groups excluding tert-OH is 2. The van der Waals surface area contributed by atoms with Crippen LogP contribution in [0.15, 0.2) is 127 Å². The van der Waals surface area contributed by atoms with Crippen LogP contribution in [0.3, 0.4) is 0 Å². The normalized spacial score (nSPS) is 10.6. The Balaban J connectivity index is 1.41. The minimum absolute atomic E-state index is 0.00965. The molecule has 0 heterocycles. The van der Waals surface area contributed by atoms with E-state index < -0.39 is 24.6 Å². The summed E-state index contributed by atoms with van der Waals surface area (Å²) in [6.45, 7) is 7.11. The molecule has 0 aliphatic heterocycles. The first-order valence-corrected chi connectivity index (χ1v) is 17.4. The molecule has 0 aromatic heterocycles. The zero-order chi connectivity index (χ0) is 38.7. The van der Waals surface area contributed by atoms with Crippen molar-refractivity contribution in [2.45, 2.75) is 25.7 Å².